The van der Waals surface area contributed by atoms with Crippen LogP contribution in [0.3, 0.4) is 0 Å². The van der Waals surface area contributed by atoms with Crippen molar-refractivity contribution in [3.8, 4) is 0 Å². The summed E-state index contributed by atoms with van der Waals surface area (Å²) in [6.07, 6.45) is 2.88. The highest BCUT2D eigenvalue weighted by molar-refractivity contribution is 5.75. The quantitative estimate of drug-likeness (QED) is 0.378. The third-order valence-electron chi connectivity index (χ3n) is 6.48. The maximum absolute atomic E-state index is 11.8. The molecule has 5 rings (SSSR count). The van der Waals surface area contributed by atoms with Gasteiger partial charge in [0, 0.05) is 18.8 Å². The van der Waals surface area contributed by atoms with Gasteiger partial charge in [-0.25, -0.2) is 0 Å². The van der Waals surface area contributed by atoms with E-state index in [0.29, 0.717) is 6.10 Å². The first-order chi connectivity index (χ1) is 8.93. The smallest absolute Gasteiger partial charge is 0.309 e. The average Bonchev–Trinajstić information content (AvgIpc) is 3.17. The van der Waals surface area contributed by atoms with Gasteiger partial charge in [-0.3, -0.25) is 4.79 Å². The van der Waals surface area contributed by atoms with E-state index in [1.54, 1.807) is 0 Å². The van der Waals surface area contributed by atoms with Crippen molar-refractivity contribution in [2.45, 2.75) is 62.1 Å². The molecule has 19 heavy (non-hydrogen) atoms. The van der Waals surface area contributed by atoms with E-state index in [0.717, 1.165) is 24.8 Å². The summed E-state index contributed by atoms with van der Waals surface area (Å²) in [6, 6.07) is 0. The largest absolute Gasteiger partial charge is 0.461 e. The number of carbonyl (C=O) groups is 1. The van der Waals surface area contributed by atoms with Gasteiger partial charge in [0.1, 0.15) is 22.9 Å². The van der Waals surface area contributed by atoms with Gasteiger partial charge < -0.3 is 14.2 Å². The number of esters is 1. The number of hydrogen-bond acceptors (Lipinski definition) is 4. The van der Waals surface area contributed by atoms with Crippen molar-refractivity contribution in [3.63, 3.8) is 0 Å². The lowest BCUT2D eigenvalue weighted by Gasteiger charge is -2.22. The molecule has 0 unspecified atom stereocenters. The Labute approximate surface area is 112 Å². The Bertz CT molecular complexity index is 542. The number of rotatable bonds is 0. The molecule has 5 aliphatic rings. The van der Waals surface area contributed by atoms with Gasteiger partial charge >= 0.3 is 5.97 Å². The van der Waals surface area contributed by atoms with Crippen LogP contribution in [0, 0.1) is 11.8 Å². The Morgan fingerprint density at radius 1 is 1.37 bits per heavy atom. The Balaban J connectivity index is 1.61. The van der Waals surface area contributed by atoms with E-state index in [-0.39, 0.29) is 40.7 Å². The highest BCUT2D eigenvalue weighted by Gasteiger charge is 2.93. The molecule has 0 aromatic rings. The maximum Gasteiger partial charge on any atom is 0.309 e. The second kappa shape index (κ2) is 2.63. The lowest BCUT2D eigenvalue weighted by atomic mass is 9.78. The minimum Gasteiger partial charge on any atom is -0.461 e. The van der Waals surface area contributed by atoms with E-state index >= 15 is 0 Å². The molecule has 5 fully saturated rings. The number of carbonyl (C=O) groups excluding carboxylic acids is 1. The lowest BCUT2D eigenvalue weighted by Crippen LogP contribution is -2.37. The standard InChI is InChI=1S/C15H18O4/c1-7-4-10-9(8(2)12(16)17-10)5-15-13(3)11(18-13)6-14(7,15)19-15/h8-11H,1,4-6H2,2-3H3/t8-,9+,10+,11-,13-,14-,15-/m0/s1. The van der Waals surface area contributed by atoms with Crippen LogP contribution in [0.5, 0.6) is 0 Å². The molecule has 0 N–H and O–H groups in total. The molecule has 0 spiro atoms. The van der Waals surface area contributed by atoms with Crippen molar-refractivity contribution in [1.29, 1.82) is 0 Å². The molecular formula is C15H18O4. The highest BCUT2D eigenvalue weighted by atomic mass is 16.7. The van der Waals surface area contributed by atoms with Crippen LogP contribution in [0.15, 0.2) is 12.2 Å². The average molecular weight is 262 g/mol. The Morgan fingerprint density at radius 2 is 2.16 bits per heavy atom. The SMILES string of the molecule is C=C1C[C@H]2OC(=O)[C@@H](C)[C@H]2C[C@@]23O[C@@]12C[C@@H]1O[C@@]13C. The van der Waals surface area contributed by atoms with Crippen molar-refractivity contribution in [1.82, 2.24) is 0 Å². The van der Waals surface area contributed by atoms with Crippen molar-refractivity contribution >= 4 is 5.97 Å². The second-order valence-electron chi connectivity index (χ2n) is 7.11. The summed E-state index contributed by atoms with van der Waals surface area (Å²) in [4.78, 5) is 11.8. The van der Waals surface area contributed by atoms with E-state index in [1.807, 2.05) is 6.92 Å². The maximum atomic E-state index is 11.8. The topological polar surface area (TPSA) is 51.4 Å². The fourth-order valence-electron chi connectivity index (χ4n) is 5.09. The minimum atomic E-state index is -0.233. The van der Waals surface area contributed by atoms with Crippen LogP contribution < -0.4 is 0 Å². The van der Waals surface area contributed by atoms with Crippen LogP contribution in [0.2, 0.25) is 0 Å². The molecule has 0 aromatic heterocycles. The van der Waals surface area contributed by atoms with Crippen LogP contribution in [0.1, 0.15) is 33.1 Å². The molecule has 102 valence electrons. The van der Waals surface area contributed by atoms with Crippen molar-refractivity contribution in [2.24, 2.45) is 11.8 Å². The summed E-state index contributed by atoms with van der Waals surface area (Å²) < 4.78 is 17.7. The predicted octanol–water partition coefficient (Wildman–Crippen LogP) is 1.58. The fraction of sp³-hybridized carbons (Fsp3) is 0.800. The van der Waals surface area contributed by atoms with Gasteiger partial charge in [0.05, 0.1) is 12.0 Å². The van der Waals surface area contributed by atoms with Crippen molar-refractivity contribution in [3.05, 3.63) is 12.2 Å². The number of fused-ring (bicyclic) bond motifs is 2. The molecule has 3 aliphatic heterocycles. The molecule has 2 saturated carbocycles. The Kier molecular flexibility index (Phi) is 1.51. The Morgan fingerprint density at radius 3 is 2.95 bits per heavy atom. The third kappa shape index (κ3) is 0.897. The molecule has 7 atom stereocenters. The first-order valence-electron chi connectivity index (χ1n) is 7.20. The zero-order valence-corrected chi connectivity index (χ0v) is 11.3. The van der Waals surface area contributed by atoms with E-state index < -0.39 is 0 Å². The molecule has 0 aromatic carbocycles. The zero-order valence-electron chi connectivity index (χ0n) is 11.3. The van der Waals surface area contributed by atoms with Gasteiger partial charge in [0.2, 0.25) is 0 Å². The van der Waals surface area contributed by atoms with Gasteiger partial charge in [-0.1, -0.05) is 13.5 Å². The summed E-state index contributed by atoms with van der Waals surface area (Å²) >= 11 is 0. The summed E-state index contributed by atoms with van der Waals surface area (Å²) in [5.41, 5.74) is 0.541. The predicted molar refractivity (Wildman–Crippen MR) is 65.4 cm³/mol. The van der Waals surface area contributed by atoms with E-state index in [1.165, 1.54) is 0 Å². The van der Waals surface area contributed by atoms with Gasteiger partial charge in [-0.15, -0.1) is 0 Å². The molecule has 0 radical (unpaired) electrons. The highest BCUT2D eigenvalue weighted by Crippen LogP contribution is 2.78. The van der Waals surface area contributed by atoms with Gasteiger partial charge in [-0.05, 0) is 18.9 Å². The Hall–Kier alpha value is -0.870. The molecule has 0 bridgehead atoms. The van der Waals surface area contributed by atoms with E-state index in [4.69, 9.17) is 14.2 Å². The molecule has 0 amide bonds. The van der Waals surface area contributed by atoms with E-state index in [9.17, 15) is 4.79 Å². The molecule has 4 heteroatoms. The van der Waals surface area contributed by atoms with Crippen molar-refractivity contribution < 1.29 is 19.0 Å². The van der Waals surface area contributed by atoms with Crippen LogP contribution in [-0.4, -0.2) is 35.0 Å². The molecular weight excluding hydrogens is 244 g/mol. The summed E-state index contributed by atoms with van der Waals surface area (Å²) in [5.74, 6) is 0.144. The number of hydrogen-bond donors (Lipinski definition) is 0. The second-order valence-corrected chi connectivity index (χ2v) is 7.11. The normalized spacial score (nSPS) is 64.5. The first-order valence-corrected chi connectivity index (χ1v) is 7.20. The zero-order chi connectivity index (χ0) is 13.2. The third-order valence-corrected chi connectivity index (χ3v) is 6.48. The minimum absolute atomic E-state index is 0.000880. The van der Waals surface area contributed by atoms with Gasteiger partial charge in [-0.2, -0.15) is 0 Å². The summed E-state index contributed by atoms with van der Waals surface area (Å²) in [6.45, 7) is 8.38. The number of epoxide rings is 2. The van der Waals surface area contributed by atoms with Crippen LogP contribution >= 0.6 is 0 Å². The van der Waals surface area contributed by atoms with E-state index in [2.05, 4.69) is 13.5 Å². The molecule has 4 nitrogen and oxygen atoms in total. The summed E-state index contributed by atoms with van der Waals surface area (Å²) in [5, 5.41) is 0. The van der Waals surface area contributed by atoms with Crippen molar-refractivity contribution in [2.75, 3.05) is 0 Å². The summed E-state index contributed by atoms with van der Waals surface area (Å²) in [7, 11) is 0. The van der Waals surface area contributed by atoms with Crippen LogP contribution in [-0.2, 0) is 19.0 Å². The van der Waals surface area contributed by atoms with Gasteiger partial charge in [0.15, 0.2) is 0 Å². The lowest BCUT2D eigenvalue weighted by molar-refractivity contribution is -0.143. The number of ether oxygens (including phenoxy) is 3. The monoisotopic (exact) mass is 262 g/mol. The van der Waals surface area contributed by atoms with Crippen LogP contribution in [0.4, 0.5) is 0 Å². The van der Waals surface area contributed by atoms with Crippen LogP contribution in [0.25, 0.3) is 0 Å². The molecule has 3 heterocycles. The molecule has 2 aliphatic carbocycles. The first kappa shape index (κ1) is 10.9. The van der Waals surface area contributed by atoms with Gasteiger partial charge in [0.25, 0.3) is 0 Å². The fourth-order valence-corrected chi connectivity index (χ4v) is 5.09. The molecule has 3 saturated heterocycles.